The molecule has 6 nitrogen and oxygen atoms in total. The van der Waals surface area contributed by atoms with Crippen molar-refractivity contribution >= 4 is 5.91 Å². The predicted molar refractivity (Wildman–Crippen MR) is 101 cm³/mol. The number of carbonyl (C=O) groups is 1. The van der Waals surface area contributed by atoms with Gasteiger partial charge in [0.1, 0.15) is 11.9 Å². The van der Waals surface area contributed by atoms with Crippen molar-refractivity contribution < 1.29 is 9.53 Å². The van der Waals surface area contributed by atoms with Gasteiger partial charge in [-0.3, -0.25) is 9.69 Å². The Morgan fingerprint density at radius 2 is 2.27 bits per heavy atom. The Labute approximate surface area is 155 Å². The van der Waals surface area contributed by atoms with Crippen molar-refractivity contribution in [2.24, 2.45) is 0 Å². The lowest BCUT2D eigenvalue weighted by molar-refractivity contribution is -0.121. The molecular weight excluding hydrogens is 328 g/mol. The fraction of sp³-hybridized carbons (Fsp3) is 0.500. The van der Waals surface area contributed by atoms with Crippen LogP contribution in [0.4, 0.5) is 0 Å². The second-order valence-electron chi connectivity index (χ2n) is 7.03. The molecule has 0 aliphatic carbocycles. The van der Waals surface area contributed by atoms with E-state index in [1.807, 2.05) is 10.8 Å². The van der Waals surface area contributed by atoms with Gasteiger partial charge in [-0.15, -0.1) is 0 Å². The Morgan fingerprint density at radius 1 is 1.38 bits per heavy atom. The summed E-state index contributed by atoms with van der Waals surface area (Å²) in [4.78, 5) is 18.4. The first kappa shape index (κ1) is 18.5. The monoisotopic (exact) mass is 356 g/mol. The van der Waals surface area contributed by atoms with Crippen LogP contribution in [0.5, 0.6) is 5.75 Å². The molecule has 1 atom stereocenters. The summed E-state index contributed by atoms with van der Waals surface area (Å²) in [6.45, 7) is 8.15. The Balaban J connectivity index is 1.42. The van der Waals surface area contributed by atoms with Crippen molar-refractivity contribution in [3.05, 3.63) is 48.0 Å². The molecule has 1 N–H and O–H groups in total. The number of aryl methyl sites for hydroxylation is 2. The van der Waals surface area contributed by atoms with Crippen LogP contribution in [0.1, 0.15) is 30.9 Å². The van der Waals surface area contributed by atoms with Crippen LogP contribution in [0.25, 0.3) is 0 Å². The van der Waals surface area contributed by atoms with Crippen LogP contribution in [-0.2, 0) is 17.9 Å². The summed E-state index contributed by atoms with van der Waals surface area (Å²) in [7, 11) is 0. The summed E-state index contributed by atoms with van der Waals surface area (Å²) in [5.74, 6) is 1.08. The number of aromatic nitrogens is 2. The molecule has 2 aromatic rings. The molecule has 6 heteroatoms. The minimum Gasteiger partial charge on any atom is -0.489 e. The molecule has 1 aromatic carbocycles. The van der Waals surface area contributed by atoms with Gasteiger partial charge in [-0.05, 0) is 26.3 Å². The number of imidazole rings is 1. The van der Waals surface area contributed by atoms with Gasteiger partial charge in [0.15, 0.2) is 0 Å². The smallest absolute Gasteiger partial charge is 0.221 e. The lowest BCUT2D eigenvalue weighted by Gasteiger charge is -2.21. The number of carbonyl (C=O) groups excluding carboxylic acids is 1. The first-order valence-electron chi connectivity index (χ1n) is 9.31. The van der Waals surface area contributed by atoms with Gasteiger partial charge in [0.25, 0.3) is 0 Å². The molecule has 1 aromatic heterocycles. The number of benzene rings is 1. The standard InChI is InChI=1S/C20H28N4O2/c1-16-4-5-19-18(12-16)14-24(13-17(2)26-19)10-6-20(25)22-7-3-9-23-11-8-21-15-23/h4-5,8,11-12,15,17H,3,6-7,9-10,13-14H2,1-2H3,(H,22,25). The summed E-state index contributed by atoms with van der Waals surface area (Å²) in [5, 5.41) is 3.01. The average molecular weight is 356 g/mol. The normalized spacial score (nSPS) is 17.2. The van der Waals surface area contributed by atoms with Gasteiger partial charge >= 0.3 is 0 Å². The number of hydrogen-bond acceptors (Lipinski definition) is 4. The first-order chi connectivity index (χ1) is 12.6. The highest BCUT2D eigenvalue weighted by Gasteiger charge is 2.20. The molecule has 26 heavy (non-hydrogen) atoms. The topological polar surface area (TPSA) is 59.4 Å². The third kappa shape index (κ3) is 5.33. The third-order valence-corrected chi connectivity index (χ3v) is 4.58. The van der Waals surface area contributed by atoms with Gasteiger partial charge in [0.2, 0.25) is 5.91 Å². The Hall–Kier alpha value is -2.34. The zero-order valence-electron chi connectivity index (χ0n) is 15.6. The molecule has 1 amide bonds. The Morgan fingerprint density at radius 3 is 3.08 bits per heavy atom. The van der Waals surface area contributed by atoms with Crippen LogP contribution in [0, 0.1) is 6.92 Å². The Bertz CT molecular complexity index is 715. The van der Waals surface area contributed by atoms with Gasteiger partial charge < -0.3 is 14.6 Å². The van der Waals surface area contributed by atoms with E-state index in [0.29, 0.717) is 13.0 Å². The van der Waals surface area contributed by atoms with E-state index in [1.165, 1.54) is 11.1 Å². The number of amides is 1. The third-order valence-electron chi connectivity index (χ3n) is 4.58. The summed E-state index contributed by atoms with van der Waals surface area (Å²) in [5.41, 5.74) is 2.44. The summed E-state index contributed by atoms with van der Waals surface area (Å²) in [6, 6.07) is 6.31. The van der Waals surface area contributed by atoms with E-state index in [2.05, 4.69) is 47.2 Å². The summed E-state index contributed by atoms with van der Waals surface area (Å²) in [6.07, 6.45) is 7.04. The van der Waals surface area contributed by atoms with E-state index >= 15 is 0 Å². The van der Waals surface area contributed by atoms with E-state index in [0.717, 1.165) is 38.3 Å². The van der Waals surface area contributed by atoms with Gasteiger partial charge in [0, 0.05) is 57.1 Å². The van der Waals surface area contributed by atoms with Gasteiger partial charge in [-0.2, -0.15) is 0 Å². The molecule has 0 saturated carbocycles. The van der Waals surface area contributed by atoms with Crippen LogP contribution in [0.2, 0.25) is 0 Å². The number of nitrogens with one attached hydrogen (secondary N) is 1. The number of rotatable bonds is 7. The quantitative estimate of drug-likeness (QED) is 0.774. The molecule has 0 radical (unpaired) electrons. The lowest BCUT2D eigenvalue weighted by Crippen LogP contribution is -2.35. The van der Waals surface area contributed by atoms with Crippen molar-refractivity contribution in [2.45, 2.75) is 45.9 Å². The molecule has 2 heterocycles. The minimum atomic E-state index is 0.109. The van der Waals surface area contributed by atoms with Gasteiger partial charge in [0.05, 0.1) is 6.33 Å². The maximum absolute atomic E-state index is 12.1. The fourth-order valence-corrected chi connectivity index (χ4v) is 3.30. The number of hydrogen-bond donors (Lipinski definition) is 1. The predicted octanol–water partition coefficient (Wildman–Crippen LogP) is 2.37. The van der Waals surface area contributed by atoms with E-state index in [1.54, 1.807) is 12.5 Å². The summed E-state index contributed by atoms with van der Waals surface area (Å²) < 4.78 is 8.03. The molecule has 0 fully saturated rings. The number of fused-ring (bicyclic) bond motifs is 1. The molecule has 0 saturated heterocycles. The molecule has 1 unspecified atom stereocenters. The second kappa shape index (κ2) is 8.85. The van der Waals surface area contributed by atoms with Crippen molar-refractivity contribution in [2.75, 3.05) is 19.6 Å². The van der Waals surface area contributed by atoms with Crippen molar-refractivity contribution in [1.82, 2.24) is 19.8 Å². The van der Waals surface area contributed by atoms with E-state index in [-0.39, 0.29) is 12.0 Å². The van der Waals surface area contributed by atoms with Crippen LogP contribution in [0.3, 0.4) is 0 Å². The van der Waals surface area contributed by atoms with Crippen LogP contribution >= 0.6 is 0 Å². The first-order valence-corrected chi connectivity index (χ1v) is 9.31. The highest BCUT2D eigenvalue weighted by Crippen LogP contribution is 2.26. The molecule has 3 rings (SSSR count). The van der Waals surface area contributed by atoms with Gasteiger partial charge in [-0.25, -0.2) is 4.98 Å². The zero-order chi connectivity index (χ0) is 18.4. The van der Waals surface area contributed by atoms with E-state index < -0.39 is 0 Å². The van der Waals surface area contributed by atoms with E-state index in [9.17, 15) is 4.79 Å². The van der Waals surface area contributed by atoms with Crippen molar-refractivity contribution in [3.63, 3.8) is 0 Å². The summed E-state index contributed by atoms with van der Waals surface area (Å²) >= 11 is 0. The fourth-order valence-electron chi connectivity index (χ4n) is 3.30. The SMILES string of the molecule is Cc1ccc2c(c1)CN(CCC(=O)NCCCn1ccnc1)CC(C)O2. The van der Waals surface area contributed by atoms with Crippen LogP contribution < -0.4 is 10.1 Å². The zero-order valence-corrected chi connectivity index (χ0v) is 15.6. The molecule has 140 valence electrons. The van der Waals surface area contributed by atoms with Crippen LogP contribution in [0.15, 0.2) is 36.9 Å². The largest absolute Gasteiger partial charge is 0.489 e. The molecule has 0 bridgehead atoms. The van der Waals surface area contributed by atoms with Crippen molar-refractivity contribution in [3.8, 4) is 5.75 Å². The number of ether oxygens (including phenoxy) is 1. The average Bonchev–Trinajstić information content (AvgIpc) is 3.06. The Kier molecular flexibility index (Phi) is 6.28. The molecule has 0 spiro atoms. The minimum absolute atomic E-state index is 0.109. The molecular formula is C20H28N4O2. The van der Waals surface area contributed by atoms with E-state index in [4.69, 9.17) is 4.74 Å². The second-order valence-corrected chi connectivity index (χ2v) is 7.03. The maximum Gasteiger partial charge on any atom is 0.221 e. The molecule has 1 aliphatic rings. The van der Waals surface area contributed by atoms with Gasteiger partial charge in [-0.1, -0.05) is 17.7 Å². The van der Waals surface area contributed by atoms with Crippen molar-refractivity contribution in [1.29, 1.82) is 0 Å². The highest BCUT2D eigenvalue weighted by atomic mass is 16.5. The number of nitrogens with zero attached hydrogens (tertiary/aromatic N) is 3. The van der Waals surface area contributed by atoms with Crippen LogP contribution in [-0.4, -0.2) is 46.1 Å². The maximum atomic E-state index is 12.1. The highest BCUT2D eigenvalue weighted by molar-refractivity contribution is 5.76. The lowest BCUT2D eigenvalue weighted by atomic mass is 10.1. The molecule has 1 aliphatic heterocycles.